The molecule has 0 saturated carbocycles. The minimum absolute atomic E-state index is 0.117. The Morgan fingerprint density at radius 2 is 1.85 bits per heavy atom. The van der Waals surface area contributed by atoms with Gasteiger partial charge in [0, 0.05) is 27.8 Å². The maximum Gasteiger partial charge on any atom is 0.308 e. The van der Waals surface area contributed by atoms with Crippen molar-refractivity contribution in [3.8, 4) is 17.2 Å². The Morgan fingerprint density at radius 1 is 1.05 bits per heavy atom. The average Bonchev–Trinajstić information content (AvgIpc) is 3.07. The highest BCUT2D eigenvalue weighted by Crippen LogP contribution is 2.44. The number of methoxy groups -OCH3 is 2. The number of nitrogens with zero attached hydrogens (tertiary/aromatic N) is 1. The SMILES string of the molecule is C=CCOc1cccc([C@H]2O[C@H](CC(=O)OCC)C(=O)N(Cc3ccc(OC)cc3OC)c3ccc(Cl)cc32)c1Cl. The van der Waals surface area contributed by atoms with Crippen LogP contribution in [0.2, 0.25) is 10.0 Å². The molecule has 0 saturated heterocycles. The van der Waals surface area contributed by atoms with Crippen LogP contribution in [0.3, 0.4) is 0 Å². The first kappa shape index (κ1) is 30.2. The molecule has 4 rings (SSSR count). The highest BCUT2D eigenvalue weighted by Gasteiger charge is 2.39. The molecule has 41 heavy (non-hydrogen) atoms. The summed E-state index contributed by atoms with van der Waals surface area (Å²) in [5.74, 6) is 0.568. The Bertz CT molecular complexity index is 1430. The van der Waals surface area contributed by atoms with Gasteiger partial charge >= 0.3 is 5.97 Å². The summed E-state index contributed by atoms with van der Waals surface area (Å²) in [7, 11) is 3.11. The molecule has 3 aromatic rings. The summed E-state index contributed by atoms with van der Waals surface area (Å²) in [6.07, 6.45) is -0.747. The Kier molecular flexibility index (Phi) is 10.2. The maximum atomic E-state index is 14.2. The molecular formula is C31H31Cl2NO7. The largest absolute Gasteiger partial charge is 0.497 e. The van der Waals surface area contributed by atoms with E-state index in [9.17, 15) is 9.59 Å². The Labute approximate surface area is 249 Å². The van der Waals surface area contributed by atoms with Crippen molar-refractivity contribution in [1.82, 2.24) is 0 Å². The van der Waals surface area contributed by atoms with E-state index >= 15 is 0 Å². The summed E-state index contributed by atoms with van der Waals surface area (Å²) in [6.45, 7) is 5.92. The predicted octanol–water partition coefficient (Wildman–Crippen LogP) is 6.55. The first-order valence-corrected chi connectivity index (χ1v) is 13.7. The Morgan fingerprint density at radius 3 is 2.56 bits per heavy atom. The van der Waals surface area contributed by atoms with Crippen LogP contribution in [0.15, 0.2) is 67.3 Å². The van der Waals surface area contributed by atoms with Crippen LogP contribution in [0.1, 0.15) is 36.1 Å². The van der Waals surface area contributed by atoms with E-state index in [1.54, 1.807) is 80.7 Å². The molecule has 0 aliphatic carbocycles. The van der Waals surface area contributed by atoms with Crippen molar-refractivity contribution in [3.63, 3.8) is 0 Å². The number of esters is 1. The highest BCUT2D eigenvalue weighted by molar-refractivity contribution is 6.33. The van der Waals surface area contributed by atoms with E-state index in [1.807, 2.05) is 6.07 Å². The summed E-state index contributed by atoms with van der Waals surface area (Å²) in [6, 6.07) is 15.8. The lowest BCUT2D eigenvalue weighted by molar-refractivity contribution is -0.151. The van der Waals surface area contributed by atoms with Crippen molar-refractivity contribution in [1.29, 1.82) is 0 Å². The lowest BCUT2D eigenvalue weighted by Crippen LogP contribution is -2.40. The van der Waals surface area contributed by atoms with E-state index in [0.29, 0.717) is 49.7 Å². The van der Waals surface area contributed by atoms with Crippen LogP contribution in [0.5, 0.6) is 17.2 Å². The molecule has 2 atom stereocenters. The van der Waals surface area contributed by atoms with Gasteiger partial charge in [-0.15, -0.1) is 0 Å². The maximum absolute atomic E-state index is 14.2. The summed E-state index contributed by atoms with van der Waals surface area (Å²) in [4.78, 5) is 28.3. The number of carbonyl (C=O) groups is 2. The van der Waals surface area contributed by atoms with Gasteiger partial charge in [0.1, 0.15) is 36.1 Å². The normalized spacial score (nSPS) is 16.4. The quantitative estimate of drug-likeness (QED) is 0.182. The molecule has 0 aromatic heterocycles. The lowest BCUT2D eigenvalue weighted by Gasteiger charge is -2.26. The number of carbonyl (C=O) groups excluding carboxylic acids is 2. The van der Waals surface area contributed by atoms with E-state index in [2.05, 4.69) is 6.58 Å². The molecule has 216 valence electrons. The van der Waals surface area contributed by atoms with Gasteiger partial charge in [-0.25, -0.2) is 0 Å². The van der Waals surface area contributed by atoms with Gasteiger partial charge in [-0.2, -0.15) is 0 Å². The van der Waals surface area contributed by atoms with E-state index in [-0.39, 0.29) is 26.2 Å². The number of benzene rings is 3. The van der Waals surface area contributed by atoms with Gasteiger partial charge in [0.25, 0.3) is 5.91 Å². The minimum atomic E-state index is -1.19. The second kappa shape index (κ2) is 13.8. The fourth-order valence-electron chi connectivity index (χ4n) is 4.62. The van der Waals surface area contributed by atoms with Crippen molar-refractivity contribution < 1.29 is 33.3 Å². The van der Waals surface area contributed by atoms with Crippen molar-refractivity contribution in [2.24, 2.45) is 0 Å². The van der Waals surface area contributed by atoms with Crippen LogP contribution >= 0.6 is 23.2 Å². The lowest BCUT2D eigenvalue weighted by atomic mass is 9.98. The van der Waals surface area contributed by atoms with Crippen LogP contribution in [0.25, 0.3) is 0 Å². The van der Waals surface area contributed by atoms with Gasteiger partial charge in [-0.1, -0.05) is 48.0 Å². The van der Waals surface area contributed by atoms with Crippen molar-refractivity contribution >= 4 is 40.8 Å². The summed E-state index contributed by atoms with van der Waals surface area (Å²) < 4.78 is 28.3. The van der Waals surface area contributed by atoms with Crippen molar-refractivity contribution in [3.05, 3.63) is 94.0 Å². The van der Waals surface area contributed by atoms with Gasteiger partial charge in [0.05, 0.1) is 44.5 Å². The fraction of sp³-hybridized carbons (Fsp3) is 0.290. The van der Waals surface area contributed by atoms with E-state index in [4.69, 9.17) is 46.9 Å². The van der Waals surface area contributed by atoms with E-state index < -0.39 is 24.1 Å². The number of rotatable bonds is 11. The predicted molar refractivity (Wildman–Crippen MR) is 157 cm³/mol. The van der Waals surface area contributed by atoms with Crippen LogP contribution in [-0.4, -0.2) is 45.4 Å². The van der Waals surface area contributed by atoms with Crippen LogP contribution in [0.4, 0.5) is 5.69 Å². The number of amides is 1. The fourth-order valence-corrected chi connectivity index (χ4v) is 5.08. The summed E-state index contributed by atoms with van der Waals surface area (Å²) >= 11 is 13.3. The topological polar surface area (TPSA) is 83.5 Å². The molecule has 8 nitrogen and oxygen atoms in total. The third kappa shape index (κ3) is 6.78. The monoisotopic (exact) mass is 599 g/mol. The molecule has 0 radical (unpaired) electrons. The van der Waals surface area contributed by atoms with Gasteiger partial charge in [-0.3, -0.25) is 9.59 Å². The molecule has 3 aromatic carbocycles. The third-order valence-electron chi connectivity index (χ3n) is 6.52. The molecule has 0 unspecified atom stereocenters. The van der Waals surface area contributed by atoms with Crippen molar-refractivity contribution in [2.75, 3.05) is 32.3 Å². The molecule has 0 bridgehead atoms. The summed E-state index contributed by atoms with van der Waals surface area (Å²) in [5, 5.41) is 0.740. The average molecular weight is 600 g/mol. The van der Waals surface area contributed by atoms with Crippen LogP contribution < -0.4 is 19.1 Å². The standard InChI is InChI=1S/C31H31Cl2NO7/c1-5-14-40-25-9-7-8-22(29(25)33)30-23-15-20(32)11-13-24(23)34(31(36)27(41-30)17-28(35)39-6-2)18-19-10-12-21(37-3)16-26(19)38-4/h5,7-13,15-16,27,30H,1,6,14,17-18H2,2-4H3/t27-,30-/m1/s1. The highest BCUT2D eigenvalue weighted by atomic mass is 35.5. The number of halogens is 2. The molecule has 0 N–H and O–H groups in total. The first-order chi connectivity index (χ1) is 19.8. The van der Waals surface area contributed by atoms with Gasteiger partial charge in [0.2, 0.25) is 0 Å². The van der Waals surface area contributed by atoms with Crippen molar-refractivity contribution in [2.45, 2.75) is 32.1 Å². The third-order valence-corrected chi connectivity index (χ3v) is 7.16. The second-order valence-corrected chi connectivity index (χ2v) is 9.89. The second-order valence-electron chi connectivity index (χ2n) is 9.08. The zero-order chi connectivity index (χ0) is 29.5. The minimum Gasteiger partial charge on any atom is -0.497 e. The number of ether oxygens (including phenoxy) is 5. The van der Waals surface area contributed by atoms with Gasteiger partial charge in [-0.05, 0) is 43.3 Å². The van der Waals surface area contributed by atoms with Gasteiger partial charge in [0.15, 0.2) is 0 Å². The summed E-state index contributed by atoms with van der Waals surface area (Å²) in [5.41, 5.74) is 2.39. The molecule has 1 aliphatic rings. The Hall–Kier alpha value is -3.72. The number of anilines is 1. The molecule has 0 fully saturated rings. The number of fused-ring (bicyclic) bond motifs is 1. The van der Waals surface area contributed by atoms with Crippen LogP contribution in [0, 0.1) is 0 Å². The molecular weight excluding hydrogens is 569 g/mol. The molecule has 1 heterocycles. The van der Waals surface area contributed by atoms with Crippen LogP contribution in [-0.2, 0) is 25.6 Å². The molecule has 1 aliphatic heterocycles. The Balaban J connectivity index is 1.87. The first-order valence-electron chi connectivity index (χ1n) is 13.0. The molecule has 10 heteroatoms. The number of hydrogen-bond acceptors (Lipinski definition) is 7. The molecule has 0 spiro atoms. The smallest absolute Gasteiger partial charge is 0.308 e. The van der Waals surface area contributed by atoms with E-state index in [0.717, 1.165) is 0 Å². The van der Waals surface area contributed by atoms with Gasteiger partial charge < -0.3 is 28.6 Å². The zero-order valence-electron chi connectivity index (χ0n) is 23.0. The van der Waals surface area contributed by atoms with E-state index in [1.165, 1.54) is 0 Å². The number of hydrogen-bond donors (Lipinski definition) is 0. The molecule has 1 amide bonds. The zero-order valence-corrected chi connectivity index (χ0v) is 24.5.